The van der Waals surface area contributed by atoms with E-state index in [1.54, 1.807) is 0 Å². The molecule has 100 valence electrons. The third-order valence-electron chi connectivity index (χ3n) is 2.42. The summed E-state index contributed by atoms with van der Waals surface area (Å²) in [5.41, 5.74) is -1.53. The summed E-state index contributed by atoms with van der Waals surface area (Å²) < 4.78 is 9.57. The Balaban J connectivity index is 4.75. The molecule has 1 atom stereocenters. The topological polar surface area (TPSA) is 69.7 Å². The Morgan fingerprint density at radius 2 is 1.61 bits per heavy atom. The number of rotatable bonds is 8. The van der Waals surface area contributed by atoms with Crippen LogP contribution in [-0.4, -0.2) is 30.9 Å². The van der Waals surface area contributed by atoms with E-state index in [0.29, 0.717) is 0 Å². The molecule has 0 radical (unpaired) electrons. The van der Waals surface area contributed by atoms with Gasteiger partial charge >= 0.3 is 11.9 Å². The van der Waals surface area contributed by atoms with Gasteiger partial charge in [-0.3, -0.25) is 14.4 Å². The number of ether oxygens (including phenoxy) is 2. The molecule has 5 nitrogen and oxygen atoms in total. The summed E-state index contributed by atoms with van der Waals surface area (Å²) in [4.78, 5) is 34.7. The zero-order valence-corrected chi connectivity index (χ0v) is 10.7. The summed E-state index contributed by atoms with van der Waals surface area (Å²) in [5, 5.41) is 0. The molecule has 0 saturated heterocycles. The number of hydrogen-bond acceptors (Lipinski definition) is 5. The Labute approximate surface area is 106 Å². The number of hydrogen-bond donors (Lipinski definition) is 0. The van der Waals surface area contributed by atoms with Gasteiger partial charge in [-0.15, -0.1) is 0 Å². The Morgan fingerprint density at radius 3 is 2.06 bits per heavy atom. The number of carbonyl (C=O) groups excluding carboxylic acids is 3. The molecule has 0 N–H and O–H groups in total. The van der Waals surface area contributed by atoms with Gasteiger partial charge in [-0.1, -0.05) is 25.3 Å². The fourth-order valence-corrected chi connectivity index (χ4v) is 1.13. The van der Waals surface area contributed by atoms with E-state index < -0.39 is 23.1 Å². The van der Waals surface area contributed by atoms with Crippen molar-refractivity contribution in [3.63, 3.8) is 0 Å². The number of esters is 2. The van der Waals surface area contributed by atoms with Crippen LogP contribution in [0.4, 0.5) is 0 Å². The van der Waals surface area contributed by atoms with Crippen LogP contribution in [0.15, 0.2) is 25.3 Å². The van der Waals surface area contributed by atoms with Gasteiger partial charge < -0.3 is 9.47 Å². The zero-order chi connectivity index (χ0) is 14.2. The predicted octanol–water partition coefficient (Wildman–Crippen LogP) is 1.43. The average Bonchev–Trinajstić information content (AvgIpc) is 2.32. The first-order valence-electron chi connectivity index (χ1n) is 5.44. The molecule has 0 amide bonds. The molecular formula is C13H18O5. The lowest BCUT2D eigenvalue weighted by Crippen LogP contribution is -2.39. The van der Waals surface area contributed by atoms with Crippen LogP contribution in [0.1, 0.15) is 20.3 Å². The summed E-state index contributed by atoms with van der Waals surface area (Å²) in [6.07, 6.45) is 2.43. The molecule has 0 aromatic heterocycles. The van der Waals surface area contributed by atoms with Crippen molar-refractivity contribution in [3.05, 3.63) is 25.3 Å². The van der Waals surface area contributed by atoms with Crippen LogP contribution >= 0.6 is 0 Å². The molecule has 0 aliphatic rings. The minimum absolute atomic E-state index is 0.0105. The molecular weight excluding hydrogens is 236 g/mol. The average molecular weight is 254 g/mol. The van der Waals surface area contributed by atoms with Crippen LogP contribution in [0.5, 0.6) is 0 Å². The molecule has 0 aromatic rings. The predicted molar refractivity (Wildman–Crippen MR) is 65.7 cm³/mol. The van der Waals surface area contributed by atoms with Crippen molar-refractivity contribution in [2.24, 2.45) is 5.41 Å². The van der Waals surface area contributed by atoms with Gasteiger partial charge in [0.1, 0.15) is 24.4 Å². The van der Waals surface area contributed by atoms with Crippen molar-refractivity contribution in [2.75, 3.05) is 13.2 Å². The third kappa shape index (κ3) is 4.53. The Kier molecular flexibility index (Phi) is 6.63. The van der Waals surface area contributed by atoms with Gasteiger partial charge in [-0.2, -0.15) is 0 Å². The number of ketones is 1. The van der Waals surface area contributed by atoms with Crippen molar-refractivity contribution in [3.8, 4) is 0 Å². The van der Waals surface area contributed by atoms with E-state index in [4.69, 9.17) is 9.47 Å². The smallest absolute Gasteiger partial charge is 0.320 e. The second-order valence-corrected chi connectivity index (χ2v) is 3.92. The maximum Gasteiger partial charge on any atom is 0.320 e. The van der Waals surface area contributed by atoms with Crippen LogP contribution in [-0.2, 0) is 23.9 Å². The van der Waals surface area contributed by atoms with Crippen LogP contribution < -0.4 is 0 Å². The van der Waals surface area contributed by atoms with E-state index in [2.05, 4.69) is 13.2 Å². The lowest BCUT2D eigenvalue weighted by atomic mass is 9.83. The highest BCUT2D eigenvalue weighted by molar-refractivity contribution is 6.04. The van der Waals surface area contributed by atoms with Crippen LogP contribution in [0.25, 0.3) is 0 Å². The van der Waals surface area contributed by atoms with Crippen molar-refractivity contribution >= 4 is 17.7 Å². The SMILES string of the molecule is C=CCOC(=O)CC(C)(C(C)=O)C(=O)OCC=C. The second kappa shape index (κ2) is 7.42. The van der Waals surface area contributed by atoms with Crippen molar-refractivity contribution in [1.29, 1.82) is 0 Å². The second-order valence-electron chi connectivity index (χ2n) is 3.92. The molecule has 18 heavy (non-hydrogen) atoms. The lowest BCUT2D eigenvalue weighted by Gasteiger charge is -2.23. The lowest BCUT2D eigenvalue weighted by molar-refractivity contribution is -0.164. The molecule has 0 spiro atoms. The third-order valence-corrected chi connectivity index (χ3v) is 2.42. The summed E-state index contributed by atoms with van der Waals surface area (Å²) >= 11 is 0. The van der Waals surface area contributed by atoms with Crippen LogP contribution in [0.3, 0.4) is 0 Å². The largest absolute Gasteiger partial charge is 0.461 e. The zero-order valence-electron chi connectivity index (χ0n) is 10.7. The van der Waals surface area contributed by atoms with E-state index in [1.807, 2.05) is 0 Å². The molecule has 0 aromatic carbocycles. The molecule has 0 rings (SSSR count). The highest BCUT2D eigenvalue weighted by Gasteiger charge is 2.42. The molecule has 0 fully saturated rings. The van der Waals surface area contributed by atoms with E-state index in [-0.39, 0.29) is 19.6 Å². The molecule has 0 aliphatic carbocycles. The summed E-state index contributed by atoms with van der Waals surface area (Å²) in [7, 11) is 0. The van der Waals surface area contributed by atoms with E-state index in [0.717, 1.165) is 0 Å². The standard InChI is InChI=1S/C13H18O5/c1-5-7-17-11(15)9-13(4,10(3)14)12(16)18-8-6-2/h5-6H,1-2,7-9H2,3-4H3. The van der Waals surface area contributed by atoms with Crippen LogP contribution in [0, 0.1) is 5.41 Å². The fraction of sp³-hybridized carbons (Fsp3) is 0.462. The van der Waals surface area contributed by atoms with Gasteiger partial charge in [0.15, 0.2) is 0 Å². The van der Waals surface area contributed by atoms with E-state index in [9.17, 15) is 14.4 Å². The quantitative estimate of drug-likeness (QED) is 0.372. The molecule has 0 bridgehead atoms. The molecule has 0 saturated carbocycles. The summed E-state index contributed by atoms with van der Waals surface area (Å²) in [6.45, 7) is 9.40. The molecule has 0 aliphatic heterocycles. The molecule has 1 unspecified atom stereocenters. The Hall–Kier alpha value is -1.91. The van der Waals surface area contributed by atoms with Gasteiger partial charge in [0.2, 0.25) is 0 Å². The normalized spacial score (nSPS) is 13.0. The van der Waals surface area contributed by atoms with Gasteiger partial charge in [-0.05, 0) is 13.8 Å². The first-order chi connectivity index (χ1) is 8.38. The maximum atomic E-state index is 11.8. The minimum Gasteiger partial charge on any atom is -0.461 e. The fourth-order valence-electron chi connectivity index (χ4n) is 1.13. The number of Topliss-reactive ketones (excluding diaryl/α,β-unsaturated/α-hetero) is 1. The van der Waals surface area contributed by atoms with Gasteiger partial charge in [-0.25, -0.2) is 0 Å². The summed E-state index contributed by atoms with van der Waals surface area (Å²) in [5.74, 6) is -1.86. The van der Waals surface area contributed by atoms with Crippen molar-refractivity contribution in [1.82, 2.24) is 0 Å². The monoisotopic (exact) mass is 254 g/mol. The first kappa shape index (κ1) is 16.1. The maximum absolute atomic E-state index is 11.8. The highest BCUT2D eigenvalue weighted by atomic mass is 16.5. The Bertz CT molecular complexity index is 358. The first-order valence-corrected chi connectivity index (χ1v) is 5.44. The molecule has 5 heteroatoms. The highest BCUT2D eigenvalue weighted by Crippen LogP contribution is 2.25. The van der Waals surface area contributed by atoms with Gasteiger partial charge in [0.05, 0.1) is 6.42 Å². The summed E-state index contributed by atoms with van der Waals surface area (Å²) in [6, 6.07) is 0. The van der Waals surface area contributed by atoms with Gasteiger partial charge in [0, 0.05) is 0 Å². The van der Waals surface area contributed by atoms with Gasteiger partial charge in [0.25, 0.3) is 0 Å². The van der Waals surface area contributed by atoms with Crippen molar-refractivity contribution in [2.45, 2.75) is 20.3 Å². The van der Waals surface area contributed by atoms with Crippen molar-refractivity contribution < 1.29 is 23.9 Å². The Morgan fingerprint density at radius 1 is 1.11 bits per heavy atom. The van der Waals surface area contributed by atoms with E-state index >= 15 is 0 Å². The number of carbonyl (C=O) groups is 3. The van der Waals surface area contributed by atoms with E-state index in [1.165, 1.54) is 26.0 Å². The molecule has 0 heterocycles. The minimum atomic E-state index is -1.53. The van der Waals surface area contributed by atoms with Crippen LogP contribution in [0.2, 0.25) is 0 Å².